The Morgan fingerprint density at radius 2 is 1.17 bits per heavy atom. The molecule has 6 heteroatoms. The molecule has 0 bridgehead atoms. The average Bonchev–Trinajstić information content (AvgIpc) is 2.33. The van der Waals surface area contributed by atoms with Gasteiger partial charge in [0.15, 0.2) is 0 Å². The van der Waals surface area contributed by atoms with Crippen LogP contribution in [0, 0.1) is 0 Å². The molecule has 0 aliphatic rings. The minimum absolute atomic E-state index is 0.298. The molecule has 0 amide bonds. The highest BCUT2D eigenvalue weighted by Gasteiger charge is 2.01. The van der Waals surface area contributed by atoms with Crippen LogP contribution in [0.1, 0.15) is 25.7 Å². The molecule has 0 saturated carbocycles. The minimum atomic E-state index is -0.750. The van der Waals surface area contributed by atoms with Crippen molar-refractivity contribution in [3.63, 3.8) is 0 Å². The second-order valence-corrected chi connectivity index (χ2v) is 3.18. The van der Waals surface area contributed by atoms with Crippen LogP contribution in [0.4, 0.5) is 9.59 Å². The van der Waals surface area contributed by atoms with Gasteiger partial charge in [-0.2, -0.15) is 0 Å². The predicted molar refractivity (Wildman–Crippen MR) is 63.7 cm³/mol. The van der Waals surface area contributed by atoms with Crippen LogP contribution in [0.15, 0.2) is 25.7 Å². The van der Waals surface area contributed by atoms with Crippen molar-refractivity contribution in [2.75, 3.05) is 13.2 Å². The first-order valence-corrected chi connectivity index (χ1v) is 5.59. The third kappa shape index (κ3) is 10.5. The van der Waals surface area contributed by atoms with Crippen molar-refractivity contribution >= 4 is 12.3 Å². The van der Waals surface area contributed by atoms with E-state index >= 15 is 0 Å². The van der Waals surface area contributed by atoms with Gasteiger partial charge in [-0.25, -0.2) is 9.59 Å². The number of hydrogen-bond acceptors (Lipinski definition) is 6. The summed E-state index contributed by atoms with van der Waals surface area (Å²) in [6.45, 7) is 7.05. The van der Waals surface area contributed by atoms with Gasteiger partial charge in [0.05, 0.1) is 25.7 Å². The molecule has 0 aromatic rings. The normalized spacial score (nSPS) is 9.11. The SMILES string of the molecule is C=COC(=O)OCCCCCCOC(=O)OC=C. The topological polar surface area (TPSA) is 71.1 Å². The van der Waals surface area contributed by atoms with Gasteiger partial charge in [-0.1, -0.05) is 13.2 Å². The first-order chi connectivity index (χ1) is 8.70. The summed E-state index contributed by atoms with van der Waals surface area (Å²) >= 11 is 0. The Kier molecular flexibility index (Phi) is 10.2. The quantitative estimate of drug-likeness (QED) is 0.359. The van der Waals surface area contributed by atoms with E-state index in [0.29, 0.717) is 13.2 Å². The second-order valence-electron chi connectivity index (χ2n) is 3.18. The molecule has 0 fully saturated rings. The number of unbranched alkanes of at least 4 members (excludes halogenated alkanes) is 3. The summed E-state index contributed by atoms with van der Waals surface area (Å²) in [5.74, 6) is 0. The van der Waals surface area contributed by atoms with Gasteiger partial charge in [0.25, 0.3) is 0 Å². The number of ether oxygens (including phenoxy) is 4. The van der Waals surface area contributed by atoms with Crippen molar-refractivity contribution in [1.29, 1.82) is 0 Å². The van der Waals surface area contributed by atoms with Gasteiger partial charge in [0.1, 0.15) is 0 Å². The molecule has 0 aliphatic carbocycles. The first-order valence-electron chi connectivity index (χ1n) is 5.59. The largest absolute Gasteiger partial charge is 0.513 e. The van der Waals surface area contributed by atoms with Crippen LogP contribution >= 0.6 is 0 Å². The third-order valence-electron chi connectivity index (χ3n) is 1.84. The molecular formula is C12H18O6. The van der Waals surface area contributed by atoms with E-state index in [1.807, 2.05) is 0 Å². The summed E-state index contributed by atoms with van der Waals surface area (Å²) in [6, 6.07) is 0. The molecule has 0 radical (unpaired) electrons. The van der Waals surface area contributed by atoms with Crippen molar-refractivity contribution < 1.29 is 28.5 Å². The smallest absolute Gasteiger partial charge is 0.434 e. The van der Waals surface area contributed by atoms with Crippen molar-refractivity contribution in [2.24, 2.45) is 0 Å². The summed E-state index contributed by atoms with van der Waals surface area (Å²) < 4.78 is 18.1. The molecular weight excluding hydrogens is 240 g/mol. The van der Waals surface area contributed by atoms with E-state index in [1.54, 1.807) is 0 Å². The highest BCUT2D eigenvalue weighted by atomic mass is 16.7. The van der Waals surface area contributed by atoms with E-state index in [2.05, 4.69) is 22.6 Å². The molecule has 18 heavy (non-hydrogen) atoms. The van der Waals surface area contributed by atoms with Crippen LogP contribution in [0.5, 0.6) is 0 Å². The molecule has 0 saturated heterocycles. The lowest BCUT2D eigenvalue weighted by Crippen LogP contribution is -2.06. The summed E-state index contributed by atoms with van der Waals surface area (Å²) in [5.41, 5.74) is 0. The summed E-state index contributed by atoms with van der Waals surface area (Å²) in [4.78, 5) is 21.4. The maximum absolute atomic E-state index is 10.7. The van der Waals surface area contributed by atoms with Crippen LogP contribution in [-0.4, -0.2) is 25.5 Å². The molecule has 0 aliphatic heterocycles. The zero-order valence-electron chi connectivity index (χ0n) is 10.3. The summed E-state index contributed by atoms with van der Waals surface area (Å²) in [6.07, 6.45) is 3.71. The van der Waals surface area contributed by atoms with E-state index in [9.17, 15) is 9.59 Å². The Labute approximate surface area is 106 Å². The summed E-state index contributed by atoms with van der Waals surface area (Å²) in [5, 5.41) is 0. The minimum Gasteiger partial charge on any atom is -0.434 e. The monoisotopic (exact) mass is 258 g/mol. The predicted octanol–water partition coefficient (Wildman–Crippen LogP) is 3.14. The van der Waals surface area contributed by atoms with Gasteiger partial charge in [0.2, 0.25) is 0 Å². The van der Waals surface area contributed by atoms with Crippen molar-refractivity contribution in [1.82, 2.24) is 0 Å². The zero-order valence-corrected chi connectivity index (χ0v) is 10.3. The van der Waals surface area contributed by atoms with E-state index in [0.717, 1.165) is 38.2 Å². The molecule has 0 heterocycles. The number of carbonyl (C=O) groups is 2. The Morgan fingerprint density at radius 3 is 1.50 bits per heavy atom. The van der Waals surface area contributed by atoms with Crippen molar-refractivity contribution in [2.45, 2.75) is 25.7 Å². The van der Waals surface area contributed by atoms with E-state index in [-0.39, 0.29) is 0 Å². The zero-order chi connectivity index (χ0) is 13.6. The van der Waals surface area contributed by atoms with Crippen LogP contribution in [0.2, 0.25) is 0 Å². The van der Waals surface area contributed by atoms with Gasteiger partial charge in [0, 0.05) is 0 Å². The maximum atomic E-state index is 10.7. The lowest BCUT2D eigenvalue weighted by atomic mass is 10.2. The molecule has 0 atom stereocenters. The van der Waals surface area contributed by atoms with Crippen molar-refractivity contribution in [3.05, 3.63) is 25.7 Å². The standard InChI is InChI=1S/C12H18O6/c1-3-15-11(13)17-9-7-5-6-8-10-18-12(14)16-4-2/h3-4H,1-2,5-10H2. The van der Waals surface area contributed by atoms with Gasteiger partial charge in [-0.3, -0.25) is 0 Å². The number of rotatable bonds is 9. The van der Waals surface area contributed by atoms with Crippen LogP contribution < -0.4 is 0 Å². The van der Waals surface area contributed by atoms with Crippen molar-refractivity contribution in [3.8, 4) is 0 Å². The van der Waals surface area contributed by atoms with Crippen LogP contribution in [0.3, 0.4) is 0 Å². The molecule has 0 unspecified atom stereocenters. The molecule has 0 spiro atoms. The second kappa shape index (κ2) is 11.5. The fourth-order valence-electron chi connectivity index (χ4n) is 1.07. The van der Waals surface area contributed by atoms with E-state index < -0.39 is 12.3 Å². The van der Waals surface area contributed by atoms with Gasteiger partial charge in [-0.15, -0.1) is 0 Å². The van der Waals surface area contributed by atoms with Crippen LogP contribution in [0.25, 0.3) is 0 Å². The molecule has 0 N–H and O–H groups in total. The molecule has 0 aromatic heterocycles. The van der Waals surface area contributed by atoms with E-state index in [4.69, 9.17) is 9.47 Å². The molecule has 0 rings (SSSR count). The van der Waals surface area contributed by atoms with Gasteiger partial charge < -0.3 is 18.9 Å². The fourth-order valence-corrected chi connectivity index (χ4v) is 1.07. The first kappa shape index (κ1) is 16.0. The van der Waals surface area contributed by atoms with Crippen LogP contribution in [-0.2, 0) is 18.9 Å². The highest BCUT2D eigenvalue weighted by Crippen LogP contribution is 2.01. The lowest BCUT2D eigenvalue weighted by molar-refractivity contribution is 0.0791. The van der Waals surface area contributed by atoms with Gasteiger partial charge >= 0.3 is 12.3 Å². The average molecular weight is 258 g/mol. The summed E-state index contributed by atoms with van der Waals surface area (Å²) in [7, 11) is 0. The van der Waals surface area contributed by atoms with Gasteiger partial charge in [-0.05, 0) is 25.7 Å². The Balaban J connectivity index is 3.21. The molecule has 0 aromatic carbocycles. The number of carbonyl (C=O) groups excluding carboxylic acids is 2. The molecule has 102 valence electrons. The lowest BCUT2D eigenvalue weighted by Gasteiger charge is -2.04. The fraction of sp³-hybridized carbons (Fsp3) is 0.500. The number of hydrogen-bond donors (Lipinski definition) is 0. The third-order valence-corrected chi connectivity index (χ3v) is 1.84. The Hall–Kier alpha value is -1.98. The Morgan fingerprint density at radius 1 is 0.778 bits per heavy atom. The molecule has 6 nitrogen and oxygen atoms in total. The van der Waals surface area contributed by atoms with E-state index in [1.165, 1.54) is 0 Å². The highest BCUT2D eigenvalue weighted by molar-refractivity contribution is 5.60. The maximum Gasteiger partial charge on any atom is 0.513 e. The Bertz CT molecular complexity index is 246.